The van der Waals surface area contributed by atoms with Crippen LogP contribution < -0.4 is 5.32 Å². The number of methoxy groups -OCH3 is 1. The van der Waals surface area contributed by atoms with Gasteiger partial charge in [-0.2, -0.15) is 0 Å². The van der Waals surface area contributed by atoms with Gasteiger partial charge in [-0.1, -0.05) is 22.9 Å². The van der Waals surface area contributed by atoms with Crippen molar-refractivity contribution in [2.45, 2.75) is 13.3 Å². The predicted molar refractivity (Wildman–Crippen MR) is 68.4 cm³/mol. The maximum atomic E-state index is 13.4. The number of halogens is 2. The fourth-order valence-electron chi connectivity index (χ4n) is 1.43. The second-order valence-corrected chi connectivity index (χ2v) is 4.55. The predicted octanol–water partition coefficient (Wildman–Crippen LogP) is 3.20. The minimum atomic E-state index is -0.340. The van der Waals surface area contributed by atoms with Gasteiger partial charge in [0.15, 0.2) is 0 Å². The largest absolute Gasteiger partial charge is 0.469 e. The molecule has 1 unspecified atom stereocenters. The first-order valence-electron chi connectivity index (χ1n) is 5.35. The summed E-state index contributed by atoms with van der Waals surface area (Å²) < 4.78 is 18.9. The zero-order chi connectivity index (χ0) is 12.8. The topological polar surface area (TPSA) is 38.3 Å². The number of rotatable bonds is 5. The van der Waals surface area contributed by atoms with Crippen molar-refractivity contribution in [3.8, 4) is 0 Å². The minimum absolute atomic E-state index is 0.265. The summed E-state index contributed by atoms with van der Waals surface area (Å²) in [6, 6.07) is 4.63. The van der Waals surface area contributed by atoms with E-state index in [1.54, 1.807) is 12.1 Å². The van der Waals surface area contributed by atoms with Crippen molar-refractivity contribution in [2.75, 3.05) is 19.0 Å². The number of carbonyl (C=O) groups is 1. The van der Waals surface area contributed by atoms with Gasteiger partial charge in [-0.05, 0) is 24.6 Å². The molecule has 5 heteroatoms. The van der Waals surface area contributed by atoms with Crippen molar-refractivity contribution in [1.29, 1.82) is 0 Å². The fraction of sp³-hybridized carbons (Fsp3) is 0.417. The first-order valence-corrected chi connectivity index (χ1v) is 6.14. The van der Waals surface area contributed by atoms with Gasteiger partial charge in [0.25, 0.3) is 0 Å². The third-order valence-corrected chi connectivity index (χ3v) is 2.99. The number of hydrogen-bond acceptors (Lipinski definition) is 3. The molecule has 1 rings (SSSR count). The van der Waals surface area contributed by atoms with Crippen LogP contribution in [-0.2, 0) is 9.53 Å². The first kappa shape index (κ1) is 14.0. The van der Waals surface area contributed by atoms with E-state index in [-0.39, 0.29) is 17.7 Å². The molecule has 1 aromatic rings. The summed E-state index contributed by atoms with van der Waals surface area (Å²) in [4.78, 5) is 11.4. The molecule has 3 nitrogen and oxygen atoms in total. The SMILES string of the molecule is CCC(CNc1cc(Br)ccc1F)C(=O)OC. The molecular formula is C12H15BrFNO2. The summed E-state index contributed by atoms with van der Waals surface area (Å²) in [5, 5.41) is 2.91. The lowest BCUT2D eigenvalue weighted by molar-refractivity contribution is -0.145. The quantitative estimate of drug-likeness (QED) is 0.849. The lowest BCUT2D eigenvalue weighted by atomic mass is 10.1. The molecule has 0 aromatic heterocycles. The van der Waals surface area contributed by atoms with Crippen LogP contribution in [0.4, 0.5) is 10.1 Å². The van der Waals surface area contributed by atoms with Gasteiger partial charge in [-0.25, -0.2) is 4.39 Å². The fourth-order valence-corrected chi connectivity index (χ4v) is 1.79. The van der Waals surface area contributed by atoms with Crippen molar-refractivity contribution >= 4 is 27.6 Å². The summed E-state index contributed by atoms with van der Waals surface area (Å²) in [6.07, 6.45) is 0.648. The molecule has 0 spiro atoms. The molecule has 1 N–H and O–H groups in total. The van der Waals surface area contributed by atoms with Gasteiger partial charge >= 0.3 is 5.97 Å². The van der Waals surface area contributed by atoms with Crippen molar-refractivity contribution < 1.29 is 13.9 Å². The van der Waals surface area contributed by atoms with E-state index >= 15 is 0 Å². The lowest BCUT2D eigenvalue weighted by Crippen LogP contribution is -2.24. The van der Waals surface area contributed by atoms with E-state index in [4.69, 9.17) is 0 Å². The summed E-state index contributed by atoms with van der Waals surface area (Å²) in [5.41, 5.74) is 0.377. The average molecular weight is 304 g/mol. The molecule has 1 aromatic carbocycles. The zero-order valence-electron chi connectivity index (χ0n) is 9.80. The Morgan fingerprint density at radius 3 is 2.88 bits per heavy atom. The minimum Gasteiger partial charge on any atom is -0.469 e. The Bertz CT molecular complexity index is 398. The molecule has 0 saturated heterocycles. The van der Waals surface area contributed by atoms with Crippen LogP contribution in [0.3, 0.4) is 0 Å². The maximum absolute atomic E-state index is 13.4. The van der Waals surface area contributed by atoms with Crippen LogP contribution >= 0.6 is 15.9 Å². The molecule has 0 aliphatic carbocycles. The Balaban J connectivity index is 2.65. The van der Waals surface area contributed by atoms with E-state index in [9.17, 15) is 9.18 Å². The molecule has 0 amide bonds. The molecule has 1 atom stereocenters. The number of nitrogens with one attached hydrogen (secondary N) is 1. The number of esters is 1. The van der Waals surface area contributed by atoms with Gasteiger partial charge in [0.05, 0.1) is 18.7 Å². The van der Waals surface area contributed by atoms with E-state index in [0.717, 1.165) is 4.47 Å². The molecule has 0 fully saturated rings. The van der Waals surface area contributed by atoms with E-state index in [1.165, 1.54) is 13.2 Å². The highest BCUT2D eigenvalue weighted by atomic mass is 79.9. The van der Waals surface area contributed by atoms with Gasteiger partial charge in [0.2, 0.25) is 0 Å². The Kier molecular flexibility index (Phi) is 5.41. The summed E-state index contributed by atoms with van der Waals surface area (Å²) >= 11 is 3.26. The Labute approximate surface area is 108 Å². The summed E-state index contributed by atoms with van der Waals surface area (Å²) in [5.74, 6) is -0.887. The molecule has 0 aliphatic rings. The molecule has 0 saturated carbocycles. The second-order valence-electron chi connectivity index (χ2n) is 3.63. The Morgan fingerprint density at radius 2 is 2.29 bits per heavy atom. The standard InChI is InChI=1S/C12H15BrFNO2/c1-3-8(12(16)17-2)7-15-11-6-9(13)4-5-10(11)14/h4-6,8,15H,3,7H2,1-2H3. The number of benzene rings is 1. The number of ether oxygens (including phenoxy) is 1. The third kappa shape index (κ3) is 4.00. The number of hydrogen-bond donors (Lipinski definition) is 1. The average Bonchev–Trinajstić information content (AvgIpc) is 2.33. The lowest BCUT2D eigenvalue weighted by Gasteiger charge is -2.14. The van der Waals surface area contributed by atoms with Gasteiger partial charge in [-0.3, -0.25) is 4.79 Å². The molecule has 17 heavy (non-hydrogen) atoms. The van der Waals surface area contributed by atoms with E-state index < -0.39 is 0 Å². The van der Waals surface area contributed by atoms with Gasteiger partial charge in [0, 0.05) is 11.0 Å². The van der Waals surface area contributed by atoms with E-state index in [0.29, 0.717) is 18.7 Å². The summed E-state index contributed by atoms with van der Waals surface area (Å²) in [7, 11) is 1.35. The highest BCUT2D eigenvalue weighted by Gasteiger charge is 2.17. The van der Waals surface area contributed by atoms with E-state index in [1.807, 2.05) is 6.92 Å². The molecule has 0 heterocycles. The number of anilines is 1. The molecule has 0 aliphatic heterocycles. The highest BCUT2D eigenvalue weighted by Crippen LogP contribution is 2.20. The van der Waals surface area contributed by atoms with Crippen LogP contribution in [-0.4, -0.2) is 19.6 Å². The van der Waals surface area contributed by atoms with Crippen molar-refractivity contribution in [2.24, 2.45) is 5.92 Å². The van der Waals surface area contributed by atoms with Crippen LogP contribution in [0, 0.1) is 11.7 Å². The van der Waals surface area contributed by atoms with Crippen LogP contribution in [0.25, 0.3) is 0 Å². The molecular weight excluding hydrogens is 289 g/mol. The highest BCUT2D eigenvalue weighted by molar-refractivity contribution is 9.10. The van der Waals surface area contributed by atoms with Gasteiger partial charge < -0.3 is 10.1 Å². The van der Waals surface area contributed by atoms with Crippen molar-refractivity contribution in [3.63, 3.8) is 0 Å². The van der Waals surface area contributed by atoms with Crippen LogP contribution in [0.1, 0.15) is 13.3 Å². The normalized spacial score (nSPS) is 12.0. The Hall–Kier alpha value is -1.10. The zero-order valence-corrected chi connectivity index (χ0v) is 11.4. The van der Waals surface area contributed by atoms with Gasteiger partial charge in [-0.15, -0.1) is 0 Å². The molecule has 0 radical (unpaired) electrons. The van der Waals surface area contributed by atoms with Crippen LogP contribution in [0.2, 0.25) is 0 Å². The van der Waals surface area contributed by atoms with Crippen LogP contribution in [0.15, 0.2) is 22.7 Å². The van der Waals surface area contributed by atoms with Crippen molar-refractivity contribution in [1.82, 2.24) is 0 Å². The smallest absolute Gasteiger partial charge is 0.310 e. The van der Waals surface area contributed by atoms with Crippen molar-refractivity contribution in [3.05, 3.63) is 28.5 Å². The van der Waals surface area contributed by atoms with Gasteiger partial charge in [0.1, 0.15) is 5.82 Å². The molecule has 94 valence electrons. The monoisotopic (exact) mass is 303 g/mol. The maximum Gasteiger partial charge on any atom is 0.310 e. The summed E-state index contributed by atoms with van der Waals surface area (Å²) in [6.45, 7) is 2.25. The second kappa shape index (κ2) is 6.59. The Morgan fingerprint density at radius 1 is 1.59 bits per heavy atom. The first-order chi connectivity index (χ1) is 8.08. The molecule has 0 bridgehead atoms. The third-order valence-electron chi connectivity index (χ3n) is 2.49. The van der Waals surface area contributed by atoms with E-state index in [2.05, 4.69) is 26.0 Å². The van der Waals surface area contributed by atoms with Crippen LogP contribution in [0.5, 0.6) is 0 Å². The number of carbonyl (C=O) groups excluding carboxylic acids is 1.